The fraction of sp³-hybridized carbons (Fsp3) is 0.0909. The summed E-state index contributed by atoms with van der Waals surface area (Å²) in [6, 6.07) is 13.7. The second-order valence-corrected chi connectivity index (χ2v) is 6.48. The molecule has 4 aromatic rings. The van der Waals surface area contributed by atoms with Crippen LogP contribution in [0.15, 0.2) is 60.8 Å². The van der Waals surface area contributed by atoms with E-state index in [-0.39, 0.29) is 23.6 Å². The Morgan fingerprint density at radius 3 is 2.65 bits per heavy atom. The molecule has 0 bridgehead atoms. The third kappa shape index (κ3) is 3.97. The number of carbonyl (C=O) groups is 2. The van der Waals surface area contributed by atoms with Crippen LogP contribution in [-0.4, -0.2) is 33.2 Å². The number of halogens is 2. The van der Waals surface area contributed by atoms with Crippen molar-refractivity contribution in [3.8, 4) is 5.82 Å². The van der Waals surface area contributed by atoms with Crippen molar-refractivity contribution >= 4 is 28.6 Å². The van der Waals surface area contributed by atoms with E-state index in [9.17, 15) is 18.4 Å². The number of esters is 1. The van der Waals surface area contributed by atoms with Crippen LogP contribution in [0.25, 0.3) is 16.7 Å². The quantitative estimate of drug-likeness (QED) is 0.489. The van der Waals surface area contributed by atoms with Gasteiger partial charge in [0, 0.05) is 10.9 Å². The monoisotopic (exact) mass is 422 g/mol. The molecule has 2 heterocycles. The van der Waals surface area contributed by atoms with Gasteiger partial charge in [-0.15, -0.1) is 0 Å². The zero-order valence-electron chi connectivity index (χ0n) is 16.3. The van der Waals surface area contributed by atoms with Crippen molar-refractivity contribution in [2.24, 2.45) is 0 Å². The predicted molar refractivity (Wildman–Crippen MR) is 109 cm³/mol. The van der Waals surface area contributed by atoms with Gasteiger partial charge in [0.05, 0.1) is 18.3 Å². The summed E-state index contributed by atoms with van der Waals surface area (Å²) in [6.07, 6.45) is 1.25. The number of para-hydroxylation sites is 1. The van der Waals surface area contributed by atoms with E-state index in [1.807, 2.05) is 30.3 Å². The van der Waals surface area contributed by atoms with Crippen molar-refractivity contribution in [1.82, 2.24) is 14.8 Å². The minimum Gasteiger partial charge on any atom is -0.462 e. The van der Waals surface area contributed by atoms with Crippen LogP contribution in [0.4, 0.5) is 14.6 Å². The molecule has 0 saturated carbocycles. The fourth-order valence-corrected chi connectivity index (χ4v) is 2.99. The summed E-state index contributed by atoms with van der Waals surface area (Å²) in [7, 11) is 0. The lowest BCUT2D eigenvalue weighted by Gasteiger charge is -2.11. The van der Waals surface area contributed by atoms with E-state index in [1.165, 1.54) is 10.9 Å². The van der Waals surface area contributed by atoms with Gasteiger partial charge in [0.25, 0.3) is 5.91 Å². The first kappa shape index (κ1) is 20.1. The molecule has 7 nitrogen and oxygen atoms in total. The van der Waals surface area contributed by atoms with E-state index in [0.29, 0.717) is 11.3 Å². The molecule has 1 N–H and O–H groups in total. The Labute approximate surface area is 175 Å². The molecule has 9 heteroatoms. The number of hydrogen-bond donors (Lipinski definition) is 1. The number of rotatable bonds is 5. The Morgan fingerprint density at radius 2 is 1.87 bits per heavy atom. The number of aromatic nitrogens is 3. The van der Waals surface area contributed by atoms with Crippen LogP contribution in [0.5, 0.6) is 0 Å². The molecule has 0 radical (unpaired) electrons. The molecule has 0 spiro atoms. The van der Waals surface area contributed by atoms with E-state index < -0.39 is 23.5 Å². The van der Waals surface area contributed by atoms with Crippen LogP contribution in [-0.2, 0) is 4.74 Å². The Kier molecular flexibility index (Phi) is 5.40. The minimum absolute atomic E-state index is 0.00374. The number of fused-ring (bicyclic) bond motifs is 1. The number of benzene rings is 2. The van der Waals surface area contributed by atoms with E-state index in [4.69, 9.17) is 4.74 Å². The molecule has 0 aliphatic carbocycles. The van der Waals surface area contributed by atoms with E-state index in [1.54, 1.807) is 13.0 Å². The van der Waals surface area contributed by atoms with Crippen LogP contribution in [0.3, 0.4) is 0 Å². The van der Waals surface area contributed by atoms with Crippen LogP contribution < -0.4 is 5.32 Å². The molecule has 4 rings (SSSR count). The summed E-state index contributed by atoms with van der Waals surface area (Å²) < 4.78 is 33.1. The molecule has 156 valence electrons. The summed E-state index contributed by atoms with van der Waals surface area (Å²) in [5, 5.41) is 7.62. The third-order valence-corrected chi connectivity index (χ3v) is 4.48. The topological polar surface area (TPSA) is 86.1 Å². The summed E-state index contributed by atoms with van der Waals surface area (Å²) >= 11 is 0. The highest BCUT2D eigenvalue weighted by atomic mass is 19.2. The number of nitrogens with zero attached hydrogens (tertiary/aromatic N) is 3. The number of amides is 1. The van der Waals surface area contributed by atoms with Gasteiger partial charge in [-0.05, 0) is 43.3 Å². The van der Waals surface area contributed by atoms with E-state index in [2.05, 4.69) is 15.4 Å². The van der Waals surface area contributed by atoms with Gasteiger partial charge in [-0.25, -0.2) is 18.6 Å². The van der Waals surface area contributed by atoms with Crippen molar-refractivity contribution in [3.63, 3.8) is 0 Å². The molecule has 2 aromatic carbocycles. The standard InChI is InChI=1S/C22H16F2N4O3/c1-2-31-22(30)15-12-25-28(19-10-8-13-5-3-4-6-18(13)26-19)20(15)27-21(29)14-7-9-16(23)17(24)11-14/h3-12H,2H2,1H3,(H,27,29). The second kappa shape index (κ2) is 8.31. The first-order valence-electron chi connectivity index (χ1n) is 9.35. The average Bonchev–Trinajstić information content (AvgIpc) is 3.19. The van der Waals surface area contributed by atoms with Crippen molar-refractivity contribution in [3.05, 3.63) is 83.6 Å². The van der Waals surface area contributed by atoms with Gasteiger partial charge in [0.2, 0.25) is 0 Å². The molecule has 0 atom stereocenters. The lowest BCUT2D eigenvalue weighted by molar-refractivity contribution is 0.0527. The normalized spacial score (nSPS) is 10.8. The highest BCUT2D eigenvalue weighted by Crippen LogP contribution is 2.23. The molecule has 31 heavy (non-hydrogen) atoms. The number of carbonyl (C=O) groups excluding carboxylic acids is 2. The maximum absolute atomic E-state index is 13.6. The van der Waals surface area contributed by atoms with Crippen molar-refractivity contribution in [1.29, 1.82) is 0 Å². The summed E-state index contributed by atoms with van der Waals surface area (Å²) in [4.78, 5) is 29.6. The number of ether oxygens (including phenoxy) is 1. The third-order valence-electron chi connectivity index (χ3n) is 4.48. The predicted octanol–water partition coefficient (Wildman–Crippen LogP) is 4.13. The van der Waals surface area contributed by atoms with Gasteiger partial charge in [0.1, 0.15) is 5.56 Å². The summed E-state index contributed by atoms with van der Waals surface area (Å²) in [5.74, 6) is -3.36. The number of hydrogen-bond acceptors (Lipinski definition) is 5. The van der Waals surface area contributed by atoms with Gasteiger partial charge >= 0.3 is 5.97 Å². The average molecular weight is 422 g/mol. The molecular weight excluding hydrogens is 406 g/mol. The van der Waals surface area contributed by atoms with Gasteiger partial charge in [0.15, 0.2) is 23.3 Å². The smallest absolute Gasteiger partial charge is 0.343 e. The van der Waals surface area contributed by atoms with Crippen LogP contribution >= 0.6 is 0 Å². The molecule has 0 fully saturated rings. The van der Waals surface area contributed by atoms with Gasteiger partial charge in [-0.1, -0.05) is 18.2 Å². The Bertz CT molecular complexity index is 1300. The molecule has 0 unspecified atom stereocenters. The molecule has 0 saturated heterocycles. The lowest BCUT2D eigenvalue weighted by Crippen LogP contribution is -2.18. The first-order valence-corrected chi connectivity index (χ1v) is 9.35. The van der Waals surface area contributed by atoms with Gasteiger partial charge < -0.3 is 10.1 Å². The molecular formula is C22H16F2N4O3. The Morgan fingerprint density at radius 1 is 1.06 bits per heavy atom. The van der Waals surface area contributed by atoms with Crippen molar-refractivity contribution < 1.29 is 23.1 Å². The minimum atomic E-state index is -1.16. The van der Waals surface area contributed by atoms with Crippen molar-refractivity contribution in [2.75, 3.05) is 11.9 Å². The lowest BCUT2D eigenvalue weighted by atomic mass is 10.2. The fourth-order valence-electron chi connectivity index (χ4n) is 2.99. The number of anilines is 1. The van der Waals surface area contributed by atoms with E-state index in [0.717, 1.165) is 23.6 Å². The first-order chi connectivity index (χ1) is 15.0. The zero-order valence-corrected chi connectivity index (χ0v) is 16.3. The zero-order chi connectivity index (χ0) is 22.0. The van der Waals surface area contributed by atoms with E-state index >= 15 is 0 Å². The highest BCUT2D eigenvalue weighted by molar-refractivity contribution is 6.07. The van der Waals surface area contributed by atoms with Gasteiger partial charge in [-0.2, -0.15) is 9.78 Å². The van der Waals surface area contributed by atoms with Crippen LogP contribution in [0.2, 0.25) is 0 Å². The largest absolute Gasteiger partial charge is 0.462 e. The van der Waals surface area contributed by atoms with Gasteiger partial charge in [-0.3, -0.25) is 4.79 Å². The summed E-state index contributed by atoms with van der Waals surface area (Å²) in [6.45, 7) is 1.77. The molecule has 1 amide bonds. The second-order valence-electron chi connectivity index (χ2n) is 6.48. The Balaban J connectivity index is 1.77. The highest BCUT2D eigenvalue weighted by Gasteiger charge is 2.23. The van der Waals surface area contributed by atoms with Crippen molar-refractivity contribution in [2.45, 2.75) is 6.92 Å². The maximum Gasteiger partial charge on any atom is 0.343 e. The summed E-state index contributed by atoms with van der Waals surface area (Å²) in [5.41, 5.74) is 0.548. The SMILES string of the molecule is CCOC(=O)c1cnn(-c2ccc3ccccc3n2)c1NC(=O)c1ccc(F)c(F)c1. The maximum atomic E-state index is 13.6. The Hall–Kier alpha value is -4.14. The van der Waals surface area contributed by atoms with Crippen LogP contribution in [0.1, 0.15) is 27.6 Å². The molecule has 0 aliphatic heterocycles. The number of nitrogens with one attached hydrogen (secondary N) is 1. The number of pyridine rings is 1. The molecule has 0 aliphatic rings. The van der Waals surface area contributed by atoms with Crippen LogP contribution in [0, 0.1) is 11.6 Å². The molecule has 2 aromatic heterocycles.